The first-order valence-corrected chi connectivity index (χ1v) is 10.7. The van der Waals surface area contributed by atoms with Crippen LogP contribution in [0.1, 0.15) is 35.3 Å². The summed E-state index contributed by atoms with van der Waals surface area (Å²) in [4.78, 5) is 16.3. The van der Waals surface area contributed by atoms with Crippen molar-refractivity contribution in [3.8, 4) is 0 Å². The Labute approximate surface area is 180 Å². The van der Waals surface area contributed by atoms with E-state index in [1.54, 1.807) is 0 Å². The largest absolute Gasteiger partial charge is 0.307 e. The predicted molar refractivity (Wildman–Crippen MR) is 126 cm³/mol. The smallest absolute Gasteiger partial charge is 0.265 e. The van der Waals surface area contributed by atoms with Crippen LogP contribution in [0.15, 0.2) is 84.9 Å². The Morgan fingerprint density at radius 1 is 0.677 bits per heavy atom. The van der Waals surface area contributed by atoms with Crippen LogP contribution in [0.5, 0.6) is 0 Å². The molecule has 5 aromatic rings. The number of benzene rings is 4. The number of carbonyl (C=O) groups is 1. The van der Waals surface area contributed by atoms with Gasteiger partial charge in [-0.3, -0.25) is 9.36 Å². The molecule has 0 unspecified atom stereocenters. The quantitative estimate of drug-likeness (QED) is 0.277. The summed E-state index contributed by atoms with van der Waals surface area (Å²) in [6.45, 7) is 4.57. The molecule has 3 nitrogen and oxygen atoms in total. The summed E-state index contributed by atoms with van der Waals surface area (Å²) in [6.07, 6.45) is 0. The van der Waals surface area contributed by atoms with Crippen molar-refractivity contribution in [2.75, 3.05) is 4.90 Å². The molecular weight excluding hydrogens is 380 g/mol. The molecule has 2 aliphatic rings. The normalized spacial score (nSPS) is 15.7. The zero-order valence-electron chi connectivity index (χ0n) is 17.4. The first kappa shape index (κ1) is 16.9. The van der Waals surface area contributed by atoms with Gasteiger partial charge in [0.1, 0.15) is 0 Å². The van der Waals surface area contributed by atoms with Gasteiger partial charge in [-0.2, -0.15) is 0 Å². The van der Waals surface area contributed by atoms with Crippen LogP contribution < -0.4 is 4.90 Å². The monoisotopic (exact) mass is 400 g/mol. The van der Waals surface area contributed by atoms with E-state index in [0.29, 0.717) is 0 Å². The van der Waals surface area contributed by atoms with Crippen LogP contribution in [0.25, 0.3) is 21.8 Å². The zero-order valence-corrected chi connectivity index (χ0v) is 17.4. The Morgan fingerprint density at radius 2 is 1.39 bits per heavy atom. The molecule has 0 spiro atoms. The Balaban J connectivity index is 1.79. The van der Waals surface area contributed by atoms with Gasteiger partial charge in [0.15, 0.2) is 0 Å². The lowest BCUT2D eigenvalue weighted by molar-refractivity contribution is 0.0971. The lowest BCUT2D eigenvalue weighted by Crippen LogP contribution is -2.30. The van der Waals surface area contributed by atoms with Crippen LogP contribution in [-0.4, -0.2) is 10.5 Å². The number of para-hydroxylation sites is 3. The highest BCUT2D eigenvalue weighted by Gasteiger charge is 2.41. The summed E-state index contributed by atoms with van der Waals surface area (Å²) >= 11 is 0. The van der Waals surface area contributed by atoms with Crippen LogP contribution in [0.2, 0.25) is 0 Å². The van der Waals surface area contributed by atoms with E-state index in [1.807, 2.05) is 34.9 Å². The minimum atomic E-state index is -0.180. The number of hydrogen-bond acceptors (Lipinski definition) is 2. The van der Waals surface area contributed by atoms with Crippen molar-refractivity contribution in [1.82, 2.24) is 4.57 Å². The second-order valence-electron chi connectivity index (χ2n) is 9.01. The van der Waals surface area contributed by atoms with Gasteiger partial charge in [-0.05, 0) is 35.4 Å². The third-order valence-corrected chi connectivity index (χ3v) is 7.10. The molecule has 0 atom stereocenters. The maximum Gasteiger partial charge on any atom is 0.265 e. The van der Waals surface area contributed by atoms with E-state index in [-0.39, 0.29) is 11.3 Å². The average Bonchev–Trinajstić information content (AvgIpc) is 3.08. The third kappa shape index (κ3) is 1.88. The molecule has 2 aliphatic heterocycles. The van der Waals surface area contributed by atoms with Crippen molar-refractivity contribution < 1.29 is 4.79 Å². The first-order chi connectivity index (χ1) is 15.1. The molecule has 0 bridgehead atoms. The van der Waals surface area contributed by atoms with Crippen LogP contribution in [0.4, 0.5) is 17.1 Å². The minimum absolute atomic E-state index is 0.0277. The molecule has 1 aromatic heterocycles. The van der Waals surface area contributed by atoms with Gasteiger partial charge in [0, 0.05) is 16.2 Å². The number of aromatic nitrogens is 1. The van der Waals surface area contributed by atoms with E-state index < -0.39 is 0 Å². The first-order valence-electron chi connectivity index (χ1n) is 10.7. The van der Waals surface area contributed by atoms with Crippen LogP contribution in [0, 0.1) is 0 Å². The van der Waals surface area contributed by atoms with Gasteiger partial charge in [0.2, 0.25) is 0 Å². The molecular formula is C28H20N2O. The van der Waals surface area contributed by atoms with Gasteiger partial charge in [0.05, 0.1) is 33.7 Å². The van der Waals surface area contributed by atoms with Crippen molar-refractivity contribution in [3.05, 3.63) is 102 Å². The maximum atomic E-state index is 14.0. The molecule has 7 rings (SSSR count). The molecule has 0 saturated carbocycles. The second kappa shape index (κ2) is 5.44. The van der Waals surface area contributed by atoms with Crippen molar-refractivity contribution in [2.45, 2.75) is 19.3 Å². The average molecular weight is 400 g/mol. The highest BCUT2D eigenvalue weighted by molar-refractivity contribution is 6.24. The molecule has 148 valence electrons. The summed E-state index contributed by atoms with van der Waals surface area (Å²) in [5.74, 6) is 0.0277. The third-order valence-electron chi connectivity index (χ3n) is 7.10. The second-order valence-corrected chi connectivity index (χ2v) is 9.01. The van der Waals surface area contributed by atoms with Gasteiger partial charge in [-0.25, -0.2) is 0 Å². The van der Waals surface area contributed by atoms with Crippen LogP contribution in [-0.2, 0) is 5.41 Å². The van der Waals surface area contributed by atoms with Gasteiger partial charge in [-0.15, -0.1) is 0 Å². The summed E-state index contributed by atoms with van der Waals surface area (Å²) in [7, 11) is 0. The summed E-state index contributed by atoms with van der Waals surface area (Å²) in [5.41, 5.74) is 8.23. The number of carbonyl (C=O) groups excluding carboxylic acids is 1. The van der Waals surface area contributed by atoms with Gasteiger partial charge in [-0.1, -0.05) is 74.5 Å². The van der Waals surface area contributed by atoms with Crippen molar-refractivity contribution in [2.24, 2.45) is 0 Å². The van der Waals surface area contributed by atoms with E-state index >= 15 is 0 Å². The number of fused-ring (bicyclic) bond motifs is 7. The van der Waals surface area contributed by atoms with Gasteiger partial charge in [0.25, 0.3) is 5.91 Å². The Morgan fingerprint density at radius 3 is 2.26 bits per heavy atom. The predicted octanol–water partition coefficient (Wildman–Crippen LogP) is 6.91. The summed E-state index contributed by atoms with van der Waals surface area (Å²) in [5, 5.41) is 2.24. The number of rotatable bonds is 0. The fraction of sp³-hybridized carbons (Fsp3) is 0.107. The van der Waals surface area contributed by atoms with E-state index in [2.05, 4.69) is 73.3 Å². The molecule has 0 radical (unpaired) electrons. The SMILES string of the molecule is CC1(C)c2ccccc2N2c3ccccc3C(=O)n3c4ccccc4c4ccc1c2c43. The maximum absolute atomic E-state index is 14.0. The molecule has 0 N–H and O–H groups in total. The van der Waals surface area contributed by atoms with Gasteiger partial charge < -0.3 is 4.90 Å². The van der Waals surface area contributed by atoms with E-state index in [1.165, 1.54) is 11.1 Å². The molecule has 0 saturated heterocycles. The molecule has 3 heterocycles. The van der Waals surface area contributed by atoms with E-state index in [0.717, 1.165) is 44.4 Å². The lowest BCUT2D eigenvalue weighted by atomic mass is 9.73. The fourth-order valence-corrected chi connectivity index (χ4v) is 5.66. The molecule has 3 heteroatoms. The lowest BCUT2D eigenvalue weighted by Gasteiger charge is -2.42. The standard InChI is InChI=1S/C28H20N2O/c1-28(2)20-11-5-8-14-24(20)29-23-13-7-4-10-19(23)27(31)30-22-12-6-3-9-17(22)18-15-16-21(28)26(29)25(18)30/h3-16H,1-2H3. The fourth-order valence-electron chi connectivity index (χ4n) is 5.66. The highest BCUT2D eigenvalue weighted by Crippen LogP contribution is 2.56. The van der Waals surface area contributed by atoms with Crippen LogP contribution in [0.3, 0.4) is 0 Å². The Hall–Kier alpha value is -3.85. The topological polar surface area (TPSA) is 25.2 Å². The van der Waals surface area contributed by atoms with Crippen molar-refractivity contribution in [1.29, 1.82) is 0 Å². The number of nitrogens with zero attached hydrogens (tertiary/aromatic N) is 2. The molecule has 0 fully saturated rings. The molecule has 0 aliphatic carbocycles. The number of hydrogen-bond donors (Lipinski definition) is 0. The van der Waals surface area contributed by atoms with Gasteiger partial charge >= 0.3 is 0 Å². The summed E-state index contributed by atoms with van der Waals surface area (Å²) in [6, 6.07) is 29.3. The van der Waals surface area contributed by atoms with E-state index in [9.17, 15) is 4.79 Å². The molecule has 0 amide bonds. The Bertz CT molecular complexity index is 1590. The molecule has 4 aromatic carbocycles. The minimum Gasteiger partial charge on any atom is -0.307 e. The van der Waals surface area contributed by atoms with E-state index in [4.69, 9.17) is 0 Å². The molecule has 31 heavy (non-hydrogen) atoms. The highest BCUT2D eigenvalue weighted by atomic mass is 16.2. The zero-order chi connectivity index (χ0) is 20.9. The van der Waals surface area contributed by atoms with Crippen molar-refractivity contribution in [3.63, 3.8) is 0 Å². The van der Waals surface area contributed by atoms with Crippen LogP contribution >= 0.6 is 0 Å². The Kier molecular flexibility index (Phi) is 2.96. The van der Waals surface area contributed by atoms with Crippen molar-refractivity contribution >= 4 is 44.8 Å². The summed E-state index contributed by atoms with van der Waals surface area (Å²) < 4.78 is 1.94. The number of anilines is 3.